The van der Waals surface area contributed by atoms with Crippen LogP contribution in [0.25, 0.3) is 105 Å². The fourth-order valence-corrected chi connectivity index (χ4v) is 7.63. The van der Waals surface area contributed by atoms with Crippen molar-refractivity contribution in [1.29, 1.82) is 0 Å². The number of rotatable bonds is 4. The number of benzene rings is 7. The molecule has 0 aliphatic carbocycles. The zero-order valence-electron chi connectivity index (χ0n) is 27.7. The molecule has 0 aliphatic rings. The molecule has 0 radical (unpaired) electrons. The Bertz CT molecular complexity index is 3210. The fourth-order valence-electron chi connectivity index (χ4n) is 7.63. The lowest BCUT2D eigenvalue weighted by molar-refractivity contribution is 0.668. The summed E-state index contributed by atoms with van der Waals surface area (Å²) in [5.74, 6) is 1.78. The minimum atomic E-state index is 0.578. The van der Waals surface area contributed by atoms with E-state index >= 15 is 0 Å². The quantitative estimate of drug-likeness (QED) is 0.187. The van der Waals surface area contributed by atoms with Crippen LogP contribution in [0.2, 0.25) is 0 Å². The van der Waals surface area contributed by atoms with Crippen molar-refractivity contribution in [3.05, 3.63) is 164 Å². The smallest absolute Gasteiger partial charge is 0.164 e. The van der Waals surface area contributed by atoms with Crippen molar-refractivity contribution in [1.82, 2.24) is 24.5 Å². The summed E-state index contributed by atoms with van der Waals surface area (Å²) in [6.07, 6.45) is 1.79. The number of para-hydroxylation sites is 1. The molecule has 4 aromatic heterocycles. The van der Waals surface area contributed by atoms with Crippen LogP contribution in [0.3, 0.4) is 0 Å². The van der Waals surface area contributed by atoms with Gasteiger partial charge in [0.1, 0.15) is 11.1 Å². The summed E-state index contributed by atoms with van der Waals surface area (Å²) >= 11 is 0. The minimum Gasteiger partial charge on any atom is -0.454 e. The molecular weight excluding hydrogens is 639 g/mol. The maximum atomic E-state index is 6.09. The Hall–Kier alpha value is -7.18. The van der Waals surface area contributed by atoms with E-state index in [9.17, 15) is 0 Å². The van der Waals surface area contributed by atoms with Crippen molar-refractivity contribution in [2.75, 3.05) is 0 Å². The molecule has 0 saturated carbocycles. The zero-order valence-corrected chi connectivity index (χ0v) is 27.7. The molecule has 11 rings (SSSR count). The van der Waals surface area contributed by atoms with Gasteiger partial charge in [-0.15, -0.1) is 0 Å². The van der Waals surface area contributed by atoms with E-state index in [1.54, 1.807) is 6.20 Å². The normalized spacial score (nSPS) is 11.8. The van der Waals surface area contributed by atoms with Crippen molar-refractivity contribution < 1.29 is 4.42 Å². The second kappa shape index (κ2) is 11.2. The maximum Gasteiger partial charge on any atom is 0.164 e. The van der Waals surface area contributed by atoms with E-state index in [2.05, 4.69) is 143 Å². The predicted octanol–water partition coefficient (Wildman–Crippen LogP) is 11.6. The first-order chi connectivity index (χ1) is 25.7. The second-order valence-corrected chi connectivity index (χ2v) is 13.1. The van der Waals surface area contributed by atoms with E-state index in [1.165, 1.54) is 21.5 Å². The van der Waals surface area contributed by atoms with Gasteiger partial charge < -0.3 is 8.98 Å². The topological polar surface area (TPSA) is 69.6 Å². The summed E-state index contributed by atoms with van der Waals surface area (Å²) < 4.78 is 8.43. The van der Waals surface area contributed by atoms with Crippen LogP contribution < -0.4 is 0 Å². The Kier molecular flexibility index (Phi) is 6.15. The molecule has 4 heterocycles. The predicted molar refractivity (Wildman–Crippen MR) is 211 cm³/mol. The molecule has 6 heteroatoms. The molecule has 0 bridgehead atoms. The van der Waals surface area contributed by atoms with Gasteiger partial charge >= 0.3 is 0 Å². The lowest BCUT2D eigenvalue weighted by Crippen LogP contribution is -2.01. The third kappa shape index (κ3) is 4.44. The average Bonchev–Trinajstić information content (AvgIpc) is 3.76. The van der Waals surface area contributed by atoms with Gasteiger partial charge in [-0.25, -0.2) is 15.0 Å². The number of aromatic nitrogens is 5. The van der Waals surface area contributed by atoms with Crippen LogP contribution >= 0.6 is 0 Å². The maximum absolute atomic E-state index is 6.09. The highest BCUT2D eigenvalue weighted by atomic mass is 16.3. The van der Waals surface area contributed by atoms with Crippen LogP contribution in [-0.2, 0) is 0 Å². The number of nitrogens with zero attached hydrogens (tertiary/aromatic N) is 5. The molecule has 0 atom stereocenters. The van der Waals surface area contributed by atoms with Crippen molar-refractivity contribution in [3.63, 3.8) is 0 Å². The van der Waals surface area contributed by atoms with Gasteiger partial charge in [-0.3, -0.25) is 4.98 Å². The summed E-state index contributed by atoms with van der Waals surface area (Å²) in [5.41, 5.74) is 8.34. The Morgan fingerprint density at radius 2 is 1.12 bits per heavy atom. The summed E-state index contributed by atoms with van der Waals surface area (Å²) in [6.45, 7) is 0. The van der Waals surface area contributed by atoms with Gasteiger partial charge in [0.2, 0.25) is 0 Å². The Labute approximate surface area is 297 Å². The van der Waals surface area contributed by atoms with E-state index in [4.69, 9.17) is 19.4 Å². The highest BCUT2D eigenvalue weighted by Crippen LogP contribution is 2.38. The molecule has 7 aromatic carbocycles. The Balaban J connectivity index is 1.13. The summed E-state index contributed by atoms with van der Waals surface area (Å²) in [5, 5.41) is 8.14. The minimum absolute atomic E-state index is 0.578. The second-order valence-electron chi connectivity index (χ2n) is 13.1. The molecule has 0 spiro atoms. The van der Waals surface area contributed by atoms with E-state index in [-0.39, 0.29) is 0 Å². The highest BCUT2D eigenvalue weighted by molar-refractivity contribution is 6.21. The molecule has 0 unspecified atom stereocenters. The van der Waals surface area contributed by atoms with Gasteiger partial charge in [0.25, 0.3) is 0 Å². The molecule has 0 saturated heterocycles. The van der Waals surface area contributed by atoms with E-state index in [0.717, 1.165) is 66.3 Å². The Morgan fingerprint density at radius 3 is 1.98 bits per heavy atom. The van der Waals surface area contributed by atoms with E-state index in [0.29, 0.717) is 17.5 Å². The van der Waals surface area contributed by atoms with Crippen molar-refractivity contribution >= 4 is 65.4 Å². The van der Waals surface area contributed by atoms with Crippen LogP contribution in [0.15, 0.2) is 168 Å². The molecule has 0 N–H and O–H groups in total. The first kappa shape index (κ1) is 28.6. The van der Waals surface area contributed by atoms with Gasteiger partial charge in [-0.05, 0) is 82.2 Å². The van der Waals surface area contributed by atoms with Crippen LogP contribution in [0.1, 0.15) is 0 Å². The van der Waals surface area contributed by atoms with Crippen molar-refractivity contribution in [2.24, 2.45) is 0 Å². The van der Waals surface area contributed by atoms with Crippen molar-refractivity contribution in [2.45, 2.75) is 0 Å². The van der Waals surface area contributed by atoms with Gasteiger partial charge in [0.05, 0.1) is 11.0 Å². The zero-order chi connectivity index (χ0) is 34.2. The molecule has 6 nitrogen and oxygen atoms in total. The largest absolute Gasteiger partial charge is 0.454 e. The number of hydrogen-bond acceptors (Lipinski definition) is 5. The number of hydrogen-bond donors (Lipinski definition) is 0. The van der Waals surface area contributed by atoms with Crippen LogP contribution in [-0.4, -0.2) is 24.5 Å². The lowest BCUT2D eigenvalue weighted by atomic mass is 10.0. The lowest BCUT2D eigenvalue weighted by Gasteiger charge is -2.12. The van der Waals surface area contributed by atoms with Crippen LogP contribution in [0, 0.1) is 0 Å². The van der Waals surface area contributed by atoms with Crippen LogP contribution in [0.4, 0.5) is 0 Å². The number of furan rings is 1. The molecule has 0 aliphatic heterocycles. The van der Waals surface area contributed by atoms with Gasteiger partial charge in [0, 0.05) is 44.7 Å². The molecule has 11 aromatic rings. The molecule has 52 heavy (non-hydrogen) atoms. The summed E-state index contributed by atoms with van der Waals surface area (Å²) in [6, 6.07) is 54.7. The highest BCUT2D eigenvalue weighted by Gasteiger charge is 2.18. The fraction of sp³-hybridized carbons (Fsp3) is 0. The van der Waals surface area contributed by atoms with Gasteiger partial charge in [0.15, 0.2) is 23.1 Å². The first-order valence-electron chi connectivity index (χ1n) is 17.3. The van der Waals surface area contributed by atoms with Gasteiger partial charge in [-0.2, -0.15) is 0 Å². The van der Waals surface area contributed by atoms with E-state index < -0.39 is 0 Å². The third-order valence-corrected chi connectivity index (χ3v) is 10.1. The van der Waals surface area contributed by atoms with Crippen molar-refractivity contribution in [3.8, 4) is 39.9 Å². The number of fused-ring (bicyclic) bond motifs is 9. The monoisotopic (exact) mass is 665 g/mol. The molecule has 0 fully saturated rings. The number of pyridine rings is 1. The molecule has 0 amide bonds. The average molecular weight is 666 g/mol. The van der Waals surface area contributed by atoms with Crippen LogP contribution in [0.5, 0.6) is 0 Å². The molecule has 242 valence electrons. The summed E-state index contributed by atoms with van der Waals surface area (Å²) in [4.78, 5) is 20.0. The SMILES string of the molecule is c1cc(-c2nc(-c3ccc4ccccc4c3)nc(-c3ccc4oc5cccnc5c4c3)n2)cc(-n2c3ccccc3c3c4ccccc4ccc32)c1. The van der Waals surface area contributed by atoms with Gasteiger partial charge in [-0.1, -0.05) is 97.1 Å². The third-order valence-electron chi connectivity index (χ3n) is 10.1. The first-order valence-corrected chi connectivity index (χ1v) is 17.3. The standard InChI is InChI=1S/C46H27N5O/c1-2-11-30-25-32(19-18-28(30)9-1)45-48-44(49-46(50-45)33-21-23-40-37(27-33)43-41(52-40)17-8-24-47-43)31-12-7-13-34(26-31)51-38-16-6-5-15-36(38)42-35-14-4-3-10-29(35)20-22-39(42)51/h1-27H. The molecular formula is C46H27N5O. The Morgan fingerprint density at radius 1 is 0.423 bits per heavy atom. The summed E-state index contributed by atoms with van der Waals surface area (Å²) in [7, 11) is 0. The van der Waals surface area contributed by atoms with E-state index in [1.807, 2.05) is 24.3 Å².